The number of β-amino-alcohol motifs (C(OH)–C–C–N with tert-alkyl or cyclic N) is 1. The van der Waals surface area contributed by atoms with Gasteiger partial charge in [-0.1, -0.05) is 11.2 Å². The van der Waals surface area contributed by atoms with Crippen molar-refractivity contribution in [3.05, 3.63) is 45.0 Å². The number of carbonyl (C=O) groups excluding carboxylic acids is 1. The van der Waals surface area contributed by atoms with Crippen molar-refractivity contribution in [2.45, 2.75) is 39.3 Å². The molecule has 0 spiro atoms. The molecule has 1 aliphatic rings. The van der Waals surface area contributed by atoms with Gasteiger partial charge in [-0.2, -0.15) is 4.98 Å². The summed E-state index contributed by atoms with van der Waals surface area (Å²) in [5, 5.41) is 13.8. The molecule has 2 heterocycles. The molecule has 23 heavy (non-hydrogen) atoms. The van der Waals surface area contributed by atoms with Crippen LogP contribution in [0.2, 0.25) is 0 Å². The topological polar surface area (TPSA) is 79.5 Å². The molecule has 1 aromatic carbocycles. The number of carbonyl (C=O) groups is 1. The van der Waals surface area contributed by atoms with E-state index in [0.717, 1.165) is 15.6 Å². The second-order valence-electron chi connectivity index (χ2n) is 5.99. The van der Waals surface area contributed by atoms with Gasteiger partial charge in [0.2, 0.25) is 5.89 Å². The summed E-state index contributed by atoms with van der Waals surface area (Å²) in [6.07, 6.45) is -0.198. The summed E-state index contributed by atoms with van der Waals surface area (Å²) in [5.74, 6) is 0.732. The minimum Gasteiger partial charge on any atom is -0.391 e. The maximum absolute atomic E-state index is 13.0. The lowest BCUT2D eigenvalue weighted by Gasteiger charge is -2.23. The number of aryl methyl sites for hydroxylation is 3. The highest BCUT2D eigenvalue weighted by molar-refractivity contribution is 9.10. The Balaban J connectivity index is 1.97. The predicted octanol–water partition coefficient (Wildman–Crippen LogP) is 2.71. The monoisotopic (exact) mass is 379 g/mol. The molecule has 1 aromatic heterocycles. The van der Waals surface area contributed by atoms with E-state index in [4.69, 9.17) is 4.52 Å². The highest BCUT2D eigenvalue weighted by Crippen LogP contribution is 2.34. The molecule has 0 saturated carbocycles. The number of likely N-dealkylation sites (tertiary alicyclic amines) is 1. The van der Waals surface area contributed by atoms with E-state index in [2.05, 4.69) is 26.1 Å². The number of aliphatic hydroxyl groups excluding tert-OH is 1. The van der Waals surface area contributed by atoms with Crippen LogP contribution in [-0.2, 0) is 0 Å². The molecule has 1 fully saturated rings. The van der Waals surface area contributed by atoms with Gasteiger partial charge in [0.25, 0.3) is 5.91 Å². The van der Waals surface area contributed by atoms with Crippen molar-refractivity contribution in [1.82, 2.24) is 15.0 Å². The Morgan fingerprint density at radius 3 is 2.78 bits per heavy atom. The van der Waals surface area contributed by atoms with Crippen molar-refractivity contribution in [2.75, 3.05) is 6.54 Å². The van der Waals surface area contributed by atoms with Crippen LogP contribution < -0.4 is 0 Å². The molecule has 1 N–H and O–H groups in total. The number of aromatic nitrogens is 2. The van der Waals surface area contributed by atoms with Crippen molar-refractivity contribution >= 4 is 21.8 Å². The van der Waals surface area contributed by atoms with Crippen LogP contribution in [0.3, 0.4) is 0 Å². The van der Waals surface area contributed by atoms with E-state index in [1.54, 1.807) is 11.8 Å². The van der Waals surface area contributed by atoms with Crippen LogP contribution >= 0.6 is 15.9 Å². The molecule has 3 rings (SSSR count). The van der Waals surface area contributed by atoms with Crippen molar-refractivity contribution in [1.29, 1.82) is 0 Å². The van der Waals surface area contributed by atoms with Crippen LogP contribution in [0.15, 0.2) is 21.1 Å². The van der Waals surface area contributed by atoms with Crippen LogP contribution in [0, 0.1) is 20.8 Å². The smallest absolute Gasteiger partial charge is 0.255 e. The number of benzene rings is 1. The molecule has 2 atom stereocenters. The summed E-state index contributed by atoms with van der Waals surface area (Å²) in [5.41, 5.74) is 2.59. The third-order valence-corrected chi connectivity index (χ3v) is 5.05. The zero-order valence-corrected chi connectivity index (χ0v) is 14.8. The van der Waals surface area contributed by atoms with Crippen molar-refractivity contribution in [3.63, 3.8) is 0 Å². The van der Waals surface area contributed by atoms with E-state index in [0.29, 0.717) is 23.7 Å². The number of hydrogen-bond donors (Lipinski definition) is 1. The quantitative estimate of drug-likeness (QED) is 0.867. The lowest BCUT2D eigenvalue weighted by atomic mass is 10.1. The number of aliphatic hydroxyl groups is 1. The van der Waals surface area contributed by atoms with Gasteiger partial charge in [0, 0.05) is 17.4 Å². The molecule has 0 bridgehead atoms. The highest BCUT2D eigenvalue weighted by Gasteiger charge is 2.39. The van der Waals surface area contributed by atoms with E-state index >= 15 is 0 Å². The summed E-state index contributed by atoms with van der Waals surface area (Å²) in [7, 11) is 0. The van der Waals surface area contributed by atoms with E-state index < -0.39 is 12.1 Å². The van der Waals surface area contributed by atoms with Crippen LogP contribution in [0.4, 0.5) is 0 Å². The molecule has 122 valence electrons. The summed E-state index contributed by atoms with van der Waals surface area (Å²) >= 11 is 3.50. The molecule has 1 amide bonds. The van der Waals surface area contributed by atoms with Gasteiger partial charge in [0.15, 0.2) is 5.82 Å². The van der Waals surface area contributed by atoms with Gasteiger partial charge in [-0.25, -0.2) is 0 Å². The molecule has 0 unspecified atom stereocenters. The molecule has 1 aliphatic heterocycles. The van der Waals surface area contributed by atoms with Crippen molar-refractivity contribution in [2.24, 2.45) is 0 Å². The number of amides is 1. The van der Waals surface area contributed by atoms with Crippen LogP contribution in [0.5, 0.6) is 0 Å². The third kappa shape index (κ3) is 3.03. The fraction of sp³-hybridized carbons (Fsp3) is 0.438. The Labute approximate surface area is 142 Å². The summed E-state index contributed by atoms with van der Waals surface area (Å²) in [6.45, 7) is 5.88. The maximum atomic E-state index is 13.0. The van der Waals surface area contributed by atoms with Gasteiger partial charge in [-0.05, 0) is 53.9 Å². The fourth-order valence-electron chi connectivity index (χ4n) is 2.98. The van der Waals surface area contributed by atoms with Crippen molar-refractivity contribution < 1.29 is 14.4 Å². The lowest BCUT2D eigenvalue weighted by Crippen LogP contribution is -2.32. The van der Waals surface area contributed by atoms with Gasteiger partial charge in [0.05, 0.1) is 11.7 Å². The van der Waals surface area contributed by atoms with Gasteiger partial charge in [0.1, 0.15) is 6.04 Å². The molecule has 7 heteroatoms. The minimum atomic E-state index is -0.596. The summed E-state index contributed by atoms with van der Waals surface area (Å²) in [6, 6.07) is 3.46. The molecular weight excluding hydrogens is 362 g/mol. The fourth-order valence-corrected chi connectivity index (χ4v) is 3.38. The second-order valence-corrected chi connectivity index (χ2v) is 6.78. The number of hydrogen-bond acceptors (Lipinski definition) is 5. The Morgan fingerprint density at radius 1 is 1.39 bits per heavy atom. The zero-order valence-electron chi connectivity index (χ0n) is 13.2. The van der Waals surface area contributed by atoms with E-state index in [1.807, 2.05) is 26.0 Å². The van der Waals surface area contributed by atoms with Crippen LogP contribution in [0.25, 0.3) is 0 Å². The standard InChI is InChI=1S/C16H18BrN3O3/c1-8-4-9(2)14(17)12(5-8)16(22)20-7-11(21)6-13(20)15-18-10(3)19-23-15/h4-5,11,13,21H,6-7H2,1-3H3/t11-,13-/m1/s1. The SMILES string of the molecule is Cc1cc(C)c(Br)c(C(=O)N2C[C@H](O)C[C@@H]2c2nc(C)no2)c1. The zero-order chi connectivity index (χ0) is 16.7. The first-order valence-corrected chi connectivity index (χ1v) is 8.22. The number of nitrogens with zero attached hydrogens (tertiary/aromatic N) is 3. The largest absolute Gasteiger partial charge is 0.391 e. The first kappa shape index (κ1) is 16.1. The normalized spacial score (nSPS) is 21.0. The first-order chi connectivity index (χ1) is 10.9. The Morgan fingerprint density at radius 2 is 2.13 bits per heavy atom. The minimum absolute atomic E-state index is 0.152. The second kappa shape index (κ2) is 6.05. The Hall–Kier alpha value is -1.73. The van der Waals surface area contributed by atoms with Gasteiger partial charge < -0.3 is 14.5 Å². The first-order valence-electron chi connectivity index (χ1n) is 7.42. The molecule has 1 saturated heterocycles. The van der Waals surface area contributed by atoms with E-state index in [9.17, 15) is 9.90 Å². The summed E-state index contributed by atoms with van der Waals surface area (Å²) < 4.78 is 5.99. The molecule has 0 aliphatic carbocycles. The molecular formula is C16H18BrN3O3. The van der Waals surface area contributed by atoms with Crippen LogP contribution in [0.1, 0.15) is 45.7 Å². The number of halogens is 1. The third-order valence-electron chi connectivity index (χ3n) is 4.00. The molecule has 6 nitrogen and oxygen atoms in total. The lowest BCUT2D eigenvalue weighted by molar-refractivity contribution is 0.0692. The predicted molar refractivity (Wildman–Crippen MR) is 87.1 cm³/mol. The van der Waals surface area contributed by atoms with Crippen molar-refractivity contribution in [3.8, 4) is 0 Å². The summed E-state index contributed by atoms with van der Waals surface area (Å²) in [4.78, 5) is 18.8. The van der Waals surface area contributed by atoms with Gasteiger partial charge in [-0.15, -0.1) is 0 Å². The average molecular weight is 380 g/mol. The van der Waals surface area contributed by atoms with E-state index in [-0.39, 0.29) is 12.5 Å². The van der Waals surface area contributed by atoms with Gasteiger partial charge in [-0.3, -0.25) is 4.79 Å². The molecule has 2 aromatic rings. The Bertz CT molecular complexity index is 759. The molecule has 0 radical (unpaired) electrons. The highest BCUT2D eigenvalue weighted by atomic mass is 79.9. The van der Waals surface area contributed by atoms with E-state index in [1.165, 1.54) is 0 Å². The maximum Gasteiger partial charge on any atom is 0.255 e. The van der Waals surface area contributed by atoms with Crippen LogP contribution in [-0.4, -0.2) is 38.7 Å². The number of rotatable bonds is 2. The Kier molecular flexibility index (Phi) is 4.25. The van der Waals surface area contributed by atoms with Gasteiger partial charge >= 0.3 is 0 Å². The average Bonchev–Trinajstić information content (AvgIpc) is 3.08.